The minimum atomic E-state index is -0.513. The summed E-state index contributed by atoms with van der Waals surface area (Å²) in [6.45, 7) is 1.35. The summed E-state index contributed by atoms with van der Waals surface area (Å²) in [5.74, 6) is 0.0494. The highest BCUT2D eigenvalue weighted by molar-refractivity contribution is 5.91. The lowest BCUT2D eigenvalue weighted by atomic mass is 10.2. The van der Waals surface area contributed by atoms with Crippen LogP contribution in [0.5, 0.6) is 5.75 Å². The van der Waals surface area contributed by atoms with Crippen molar-refractivity contribution in [2.24, 2.45) is 5.73 Å². The summed E-state index contributed by atoms with van der Waals surface area (Å²) in [5.41, 5.74) is 5.83. The van der Waals surface area contributed by atoms with Gasteiger partial charge >= 0.3 is 0 Å². The van der Waals surface area contributed by atoms with Crippen LogP contribution in [0.15, 0.2) is 30.3 Å². The molecular formula is C12H13NO3. The van der Waals surface area contributed by atoms with Gasteiger partial charge in [0.15, 0.2) is 12.4 Å². The van der Waals surface area contributed by atoms with Gasteiger partial charge in [-0.1, -0.05) is 18.2 Å². The Kier molecular flexibility index (Phi) is 4.27. The Bertz CT molecular complexity index is 407. The SMILES string of the molecule is CC(=O)C=Cc1ccc(OCC(N)=O)cc1. The number of nitrogens with two attached hydrogens (primary N) is 1. The molecule has 0 saturated carbocycles. The first-order valence-electron chi connectivity index (χ1n) is 4.78. The number of benzene rings is 1. The van der Waals surface area contributed by atoms with E-state index in [9.17, 15) is 9.59 Å². The largest absolute Gasteiger partial charge is 0.484 e. The fourth-order valence-corrected chi connectivity index (χ4v) is 1.04. The standard InChI is InChI=1S/C12H13NO3/c1-9(14)2-3-10-4-6-11(7-5-10)16-8-12(13)15/h2-7H,8H2,1H3,(H2,13,15). The van der Waals surface area contributed by atoms with Gasteiger partial charge in [0.25, 0.3) is 5.91 Å². The van der Waals surface area contributed by atoms with Gasteiger partial charge in [0.05, 0.1) is 0 Å². The molecule has 0 fully saturated rings. The van der Waals surface area contributed by atoms with Crippen LogP contribution in [-0.2, 0) is 9.59 Å². The highest BCUT2D eigenvalue weighted by Crippen LogP contribution is 2.12. The highest BCUT2D eigenvalue weighted by atomic mass is 16.5. The second kappa shape index (κ2) is 5.70. The number of allylic oxidation sites excluding steroid dienone is 1. The second-order valence-electron chi connectivity index (χ2n) is 3.27. The third-order valence-electron chi connectivity index (χ3n) is 1.77. The molecule has 16 heavy (non-hydrogen) atoms. The first-order chi connectivity index (χ1) is 7.58. The molecule has 84 valence electrons. The summed E-state index contributed by atoms with van der Waals surface area (Å²) < 4.78 is 5.08. The maximum atomic E-state index is 10.7. The van der Waals surface area contributed by atoms with E-state index in [0.717, 1.165) is 5.56 Å². The molecular weight excluding hydrogens is 206 g/mol. The predicted octanol–water partition coefficient (Wildman–Crippen LogP) is 1.15. The zero-order chi connectivity index (χ0) is 12.0. The fraction of sp³-hybridized carbons (Fsp3) is 0.167. The van der Waals surface area contributed by atoms with Crippen LogP contribution in [-0.4, -0.2) is 18.3 Å². The van der Waals surface area contributed by atoms with Crippen LogP contribution >= 0.6 is 0 Å². The number of carbonyl (C=O) groups is 2. The number of hydrogen-bond acceptors (Lipinski definition) is 3. The van der Waals surface area contributed by atoms with Crippen molar-refractivity contribution in [2.75, 3.05) is 6.61 Å². The maximum Gasteiger partial charge on any atom is 0.255 e. The molecule has 1 aromatic rings. The first kappa shape index (κ1) is 12.0. The van der Waals surface area contributed by atoms with Gasteiger partial charge < -0.3 is 10.5 Å². The molecule has 0 aliphatic rings. The average molecular weight is 219 g/mol. The lowest BCUT2D eigenvalue weighted by molar-refractivity contribution is -0.120. The molecule has 0 radical (unpaired) electrons. The molecule has 1 aromatic carbocycles. The van der Waals surface area contributed by atoms with E-state index >= 15 is 0 Å². The lowest BCUT2D eigenvalue weighted by Crippen LogP contribution is -2.19. The van der Waals surface area contributed by atoms with Gasteiger partial charge in [-0.05, 0) is 30.7 Å². The van der Waals surface area contributed by atoms with Crippen LogP contribution in [0.4, 0.5) is 0 Å². The van der Waals surface area contributed by atoms with E-state index in [4.69, 9.17) is 10.5 Å². The van der Waals surface area contributed by atoms with Crippen molar-refractivity contribution < 1.29 is 14.3 Å². The molecule has 1 rings (SSSR count). The normalized spacial score (nSPS) is 10.3. The second-order valence-corrected chi connectivity index (χ2v) is 3.27. The minimum absolute atomic E-state index is 0.00550. The number of amides is 1. The van der Waals surface area contributed by atoms with E-state index in [1.807, 2.05) is 0 Å². The molecule has 1 amide bonds. The summed E-state index contributed by atoms with van der Waals surface area (Å²) >= 11 is 0. The smallest absolute Gasteiger partial charge is 0.255 e. The Hall–Kier alpha value is -2.10. The van der Waals surface area contributed by atoms with Crippen LogP contribution in [0.3, 0.4) is 0 Å². The summed E-state index contributed by atoms with van der Waals surface area (Å²) in [6, 6.07) is 7.00. The number of ether oxygens (including phenoxy) is 1. The molecule has 2 N–H and O–H groups in total. The molecule has 0 unspecified atom stereocenters. The van der Waals surface area contributed by atoms with Crippen LogP contribution in [0, 0.1) is 0 Å². The van der Waals surface area contributed by atoms with E-state index in [0.29, 0.717) is 5.75 Å². The van der Waals surface area contributed by atoms with Crippen LogP contribution in [0.25, 0.3) is 6.08 Å². The van der Waals surface area contributed by atoms with Gasteiger partial charge in [-0.15, -0.1) is 0 Å². The molecule has 0 heterocycles. The molecule has 0 aromatic heterocycles. The quantitative estimate of drug-likeness (QED) is 0.755. The van der Waals surface area contributed by atoms with Crippen molar-refractivity contribution in [2.45, 2.75) is 6.92 Å². The van der Waals surface area contributed by atoms with Crippen LogP contribution in [0.2, 0.25) is 0 Å². The molecule has 0 atom stereocenters. The Balaban J connectivity index is 2.60. The number of rotatable bonds is 5. The molecule has 0 aliphatic carbocycles. The molecule has 0 saturated heterocycles. The molecule has 0 spiro atoms. The highest BCUT2D eigenvalue weighted by Gasteiger charge is 1.96. The molecule has 4 nitrogen and oxygen atoms in total. The van der Waals surface area contributed by atoms with Crippen molar-refractivity contribution >= 4 is 17.8 Å². The molecule has 0 aliphatic heterocycles. The van der Waals surface area contributed by atoms with Gasteiger partial charge in [-0.2, -0.15) is 0 Å². The third-order valence-corrected chi connectivity index (χ3v) is 1.77. The van der Waals surface area contributed by atoms with Crippen molar-refractivity contribution in [3.05, 3.63) is 35.9 Å². The van der Waals surface area contributed by atoms with E-state index in [1.54, 1.807) is 30.3 Å². The minimum Gasteiger partial charge on any atom is -0.484 e. The maximum absolute atomic E-state index is 10.7. The van der Waals surface area contributed by atoms with Crippen molar-refractivity contribution in [3.8, 4) is 5.75 Å². The Morgan fingerprint density at radius 2 is 1.94 bits per heavy atom. The summed E-state index contributed by atoms with van der Waals surface area (Å²) in [6.07, 6.45) is 3.19. The van der Waals surface area contributed by atoms with Crippen LogP contribution in [0.1, 0.15) is 12.5 Å². The number of primary amides is 1. The predicted molar refractivity (Wildman–Crippen MR) is 60.8 cm³/mol. The van der Waals surface area contributed by atoms with Gasteiger partial charge in [0.2, 0.25) is 0 Å². The lowest BCUT2D eigenvalue weighted by Gasteiger charge is -2.03. The van der Waals surface area contributed by atoms with Crippen molar-refractivity contribution in [3.63, 3.8) is 0 Å². The van der Waals surface area contributed by atoms with E-state index in [-0.39, 0.29) is 12.4 Å². The monoisotopic (exact) mass is 219 g/mol. The molecule has 0 bridgehead atoms. The number of hydrogen-bond donors (Lipinski definition) is 1. The van der Waals surface area contributed by atoms with Gasteiger partial charge in [0, 0.05) is 0 Å². The third kappa shape index (κ3) is 4.41. The zero-order valence-electron chi connectivity index (χ0n) is 8.97. The molecule has 4 heteroatoms. The van der Waals surface area contributed by atoms with Gasteiger partial charge in [0.1, 0.15) is 5.75 Å². The van der Waals surface area contributed by atoms with E-state index in [2.05, 4.69) is 0 Å². The number of ketones is 1. The zero-order valence-corrected chi connectivity index (χ0v) is 8.97. The summed E-state index contributed by atoms with van der Waals surface area (Å²) in [4.78, 5) is 21.2. The van der Waals surface area contributed by atoms with E-state index < -0.39 is 5.91 Å². The first-order valence-corrected chi connectivity index (χ1v) is 4.78. The van der Waals surface area contributed by atoms with Crippen molar-refractivity contribution in [1.82, 2.24) is 0 Å². The Morgan fingerprint density at radius 1 is 1.31 bits per heavy atom. The van der Waals surface area contributed by atoms with Crippen LogP contribution < -0.4 is 10.5 Å². The van der Waals surface area contributed by atoms with Gasteiger partial charge in [-0.25, -0.2) is 0 Å². The summed E-state index contributed by atoms with van der Waals surface area (Å²) in [5, 5.41) is 0. The average Bonchev–Trinajstić information content (AvgIpc) is 2.25. The topological polar surface area (TPSA) is 69.4 Å². The van der Waals surface area contributed by atoms with E-state index in [1.165, 1.54) is 13.0 Å². The fourth-order valence-electron chi connectivity index (χ4n) is 1.04. The van der Waals surface area contributed by atoms with Gasteiger partial charge in [-0.3, -0.25) is 9.59 Å². The number of carbonyl (C=O) groups excluding carboxylic acids is 2. The Morgan fingerprint density at radius 3 is 2.44 bits per heavy atom. The Labute approximate surface area is 93.7 Å². The van der Waals surface area contributed by atoms with Crippen molar-refractivity contribution in [1.29, 1.82) is 0 Å². The summed E-state index contributed by atoms with van der Waals surface area (Å²) in [7, 11) is 0.